The molecule has 6 nitrogen and oxygen atoms in total. The highest BCUT2D eigenvalue weighted by molar-refractivity contribution is 6.32. The summed E-state index contributed by atoms with van der Waals surface area (Å²) in [6.45, 7) is 4.22. The minimum atomic E-state index is -0.777. The van der Waals surface area contributed by atoms with Crippen LogP contribution in [-0.2, 0) is 0 Å². The largest absolute Gasteiger partial charge is 0.493 e. The Bertz CT molecular complexity index is 1550. The van der Waals surface area contributed by atoms with Crippen LogP contribution in [0.5, 0.6) is 11.5 Å². The molecule has 178 valence electrons. The van der Waals surface area contributed by atoms with Gasteiger partial charge in [0.1, 0.15) is 5.58 Å². The molecule has 0 spiro atoms. The average Bonchev–Trinajstić information content (AvgIpc) is 3.14. The lowest BCUT2D eigenvalue weighted by Gasteiger charge is -2.26. The molecule has 1 atom stereocenters. The molecular weight excluding hydrogens is 489 g/mol. The van der Waals surface area contributed by atoms with Gasteiger partial charge in [-0.3, -0.25) is 14.5 Å². The molecular formula is C27H21Cl2NO5. The molecule has 2 heterocycles. The van der Waals surface area contributed by atoms with Crippen molar-refractivity contribution in [1.29, 1.82) is 0 Å². The molecule has 0 aliphatic carbocycles. The summed E-state index contributed by atoms with van der Waals surface area (Å²) in [5, 5.41) is 1.21. The molecule has 0 N–H and O–H groups in total. The first kappa shape index (κ1) is 23.3. The van der Waals surface area contributed by atoms with Crippen molar-refractivity contribution in [1.82, 2.24) is 0 Å². The van der Waals surface area contributed by atoms with Gasteiger partial charge in [0, 0.05) is 15.7 Å². The Morgan fingerprint density at radius 3 is 2.51 bits per heavy atom. The molecule has 8 heteroatoms. The van der Waals surface area contributed by atoms with Crippen LogP contribution in [0.25, 0.3) is 11.0 Å². The van der Waals surface area contributed by atoms with E-state index in [9.17, 15) is 9.59 Å². The molecule has 0 bridgehead atoms. The Morgan fingerprint density at radius 1 is 1.00 bits per heavy atom. The van der Waals surface area contributed by atoms with E-state index >= 15 is 0 Å². The second kappa shape index (κ2) is 8.95. The van der Waals surface area contributed by atoms with E-state index < -0.39 is 11.9 Å². The molecule has 1 unspecified atom stereocenters. The highest BCUT2D eigenvalue weighted by atomic mass is 35.5. The zero-order valence-corrected chi connectivity index (χ0v) is 20.7. The number of halogens is 2. The maximum Gasteiger partial charge on any atom is 0.295 e. The van der Waals surface area contributed by atoms with Crippen LogP contribution in [0.2, 0.25) is 10.0 Å². The SMILES string of the molecule is CCOc1ccc(C2c3c(oc4ccc(Cl)cc4c3=O)C(=O)N2c2ccc(C)c(Cl)c2)cc1OC. The topological polar surface area (TPSA) is 69.0 Å². The molecule has 35 heavy (non-hydrogen) atoms. The Hall–Kier alpha value is -3.48. The molecule has 3 aromatic carbocycles. The maximum atomic E-state index is 13.7. The monoisotopic (exact) mass is 509 g/mol. The minimum absolute atomic E-state index is 0.0145. The number of carbonyl (C=O) groups excluding carboxylic acids is 1. The van der Waals surface area contributed by atoms with E-state index in [1.165, 1.54) is 12.0 Å². The predicted molar refractivity (Wildman–Crippen MR) is 136 cm³/mol. The highest BCUT2D eigenvalue weighted by Gasteiger charge is 2.44. The number of nitrogens with zero attached hydrogens (tertiary/aromatic N) is 1. The second-order valence-electron chi connectivity index (χ2n) is 8.17. The van der Waals surface area contributed by atoms with Crippen LogP contribution in [0.1, 0.15) is 40.2 Å². The Morgan fingerprint density at radius 2 is 1.80 bits per heavy atom. The third-order valence-corrected chi connectivity index (χ3v) is 6.71. The van der Waals surface area contributed by atoms with Crippen molar-refractivity contribution in [2.75, 3.05) is 18.6 Å². The van der Waals surface area contributed by atoms with Crippen molar-refractivity contribution in [2.24, 2.45) is 0 Å². The normalized spacial score (nSPS) is 14.9. The van der Waals surface area contributed by atoms with E-state index in [1.807, 2.05) is 26.0 Å². The van der Waals surface area contributed by atoms with Gasteiger partial charge in [0.05, 0.1) is 30.7 Å². The first-order valence-corrected chi connectivity index (χ1v) is 11.8. The van der Waals surface area contributed by atoms with Crippen molar-refractivity contribution in [3.63, 3.8) is 0 Å². The van der Waals surface area contributed by atoms with Crippen LogP contribution in [0.3, 0.4) is 0 Å². The Kier molecular flexibility index (Phi) is 5.95. The summed E-state index contributed by atoms with van der Waals surface area (Å²) in [7, 11) is 1.54. The van der Waals surface area contributed by atoms with E-state index in [0.29, 0.717) is 50.4 Å². The molecule has 4 aromatic rings. The van der Waals surface area contributed by atoms with E-state index in [-0.39, 0.29) is 16.8 Å². The van der Waals surface area contributed by atoms with Crippen LogP contribution < -0.4 is 19.8 Å². The zero-order chi connectivity index (χ0) is 24.9. The van der Waals surface area contributed by atoms with Crippen LogP contribution in [0.15, 0.2) is 63.8 Å². The molecule has 1 aliphatic rings. The summed E-state index contributed by atoms with van der Waals surface area (Å²) in [4.78, 5) is 29.0. The lowest BCUT2D eigenvalue weighted by molar-refractivity contribution is 0.0971. The summed E-state index contributed by atoms with van der Waals surface area (Å²) in [6, 6.07) is 14.7. The molecule has 0 fully saturated rings. The van der Waals surface area contributed by atoms with E-state index in [2.05, 4.69) is 0 Å². The molecule has 0 saturated carbocycles. The quantitative estimate of drug-likeness (QED) is 0.304. The number of fused-ring (bicyclic) bond motifs is 2. The number of hydrogen-bond donors (Lipinski definition) is 0. The minimum Gasteiger partial charge on any atom is -0.493 e. The number of amides is 1. The highest BCUT2D eigenvalue weighted by Crippen LogP contribution is 2.44. The molecule has 0 saturated heterocycles. The smallest absolute Gasteiger partial charge is 0.295 e. The van der Waals surface area contributed by atoms with Gasteiger partial charge in [-0.15, -0.1) is 0 Å². The zero-order valence-electron chi connectivity index (χ0n) is 19.2. The van der Waals surface area contributed by atoms with Crippen LogP contribution in [0, 0.1) is 6.92 Å². The van der Waals surface area contributed by atoms with Gasteiger partial charge in [-0.1, -0.05) is 35.3 Å². The fourth-order valence-electron chi connectivity index (χ4n) is 4.39. The first-order chi connectivity index (χ1) is 16.8. The van der Waals surface area contributed by atoms with Crippen LogP contribution in [0.4, 0.5) is 5.69 Å². The van der Waals surface area contributed by atoms with Gasteiger partial charge < -0.3 is 13.9 Å². The van der Waals surface area contributed by atoms with Gasteiger partial charge in [-0.25, -0.2) is 0 Å². The van der Waals surface area contributed by atoms with Gasteiger partial charge in [0.15, 0.2) is 16.9 Å². The van der Waals surface area contributed by atoms with Crippen LogP contribution in [-0.4, -0.2) is 19.6 Å². The fraction of sp³-hybridized carbons (Fsp3) is 0.185. The summed E-state index contributed by atoms with van der Waals surface area (Å²) >= 11 is 12.6. The van der Waals surface area contributed by atoms with Crippen molar-refractivity contribution in [2.45, 2.75) is 19.9 Å². The molecule has 5 rings (SSSR count). The summed E-state index contributed by atoms with van der Waals surface area (Å²) in [6.07, 6.45) is 0. The lowest BCUT2D eigenvalue weighted by Crippen LogP contribution is -2.29. The number of aryl methyl sites for hydroxylation is 1. The number of ether oxygens (including phenoxy) is 2. The van der Waals surface area contributed by atoms with E-state index in [0.717, 1.165) is 5.56 Å². The van der Waals surface area contributed by atoms with Gasteiger partial charge >= 0.3 is 0 Å². The fourth-order valence-corrected chi connectivity index (χ4v) is 4.73. The number of rotatable bonds is 5. The molecule has 1 aliphatic heterocycles. The average molecular weight is 510 g/mol. The van der Waals surface area contributed by atoms with Gasteiger partial charge in [-0.05, 0) is 67.4 Å². The predicted octanol–water partition coefficient (Wildman–Crippen LogP) is 6.57. The summed E-state index contributed by atoms with van der Waals surface area (Å²) < 4.78 is 17.2. The number of carbonyl (C=O) groups is 1. The Balaban J connectivity index is 1.79. The van der Waals surface area contributed by atoms with Crippen molar-refractivity contribution >= 4 is 45.8 Å². The Labute approximate surface area is 211 Å². The van der Waals surface area contributed by atoms with Crippen LogP contribution >= 0.6 is 23.2 Å². The van der Waals surface area contributed by atoms with Gasteiger partial charge in [0.2, 0.25) is 5.76 Å². The first-order valence-electron chi connectivity index (χ1n) is 11.0. The standard InChI is InChI=1S/C27H21Cl2NO5/c1-4-34-21-9-6-15(11-22(21)33-3)24-23-25(31)18-12-16(28)7-10-20(18)35-26(23)27(32)30(24)17-8-5-14(2)19(29)13-17/h5-13,24H,4H2,1-3H3. The van der Waals surface area contributed by atoms with Gasteiger partial charge in [0.25, 0.3) is 5.91 Å². The number of benzene rings is 3. The van der Waals surface area contributed by atoms with Crippen molar-refractivity contribution < 1.29 is 18.7 Å². The van der Waals surface area contributed by atoms with E-state index in [1.54, 1.807) is 42.5 Å². The van der Waals surface area contributed by atoms with Gasteiger partial charge in [-0.2, -0.15) is 0 Å². The van der Waals surface area contributed by atoms with Crippen molar-refractivity contribution in [3.8, 4) is 11.5 Å². The molecule has 1 amide bonds. The lowest BCUT2D eigenvalue weighted by atomic mass is 9.97. The number of anilines is 1. The third-order valence-electron chi connectivity index (χ3n) is 6.07. The number of hydrogen-bond acceptors (Lipinski definition) is 5. The summed E-state index contributed by atoms with van der Waals surface area (Å²) in [5.41, 5.74) is 2.26. The second-order valence-corrected chi connectivity index (χ2v) is 9.01. The van der Waals surface area contributed by atoms with E-state index in [4.69, 9.17) is 37.1 Å². The van der Waals surface area contributed by atoms with Crippen molar-refractivity contribution in [3.05, 3.63) is 97.3 Å². The third kappa shape index (κ3) is 3.83. The molecule has 1 aromatic heterocycles. The molecule has 0 radical (unpaired) electrons. The summed E-state index contributed by atoms with van der Waals surface area (Å²) in [5.74, 6) is 0.594. The number of methoxy groups -OCH3 is 1. The maximum absolute atomic E-state index is 13.7.